The molecule has 0 radical (unpaired) electrons. The number of anilines is 2. The van der Waals surface area contributed by atoms with Crippen molar-refractivity contribution in [3.05, 3.63) is 39.8 Å². The van der Waals surface area contributed by atoms with Gasteiger partial charge in [-0.2, -0.15) is 8.78 Å². The van der Waals surface area contributed by atoms with Crippen LogP contribution in [0.4, 0.5) is 25.0 Å². The van der Waals surface area contributed by atoms with Gasteiger partial charge in [0.25, 0.3) is 0 Å². The van der Waals surface area contributed by atoms with E-state index in [2.05, 4.69) is 25.3 Å². The molecule has 0 aliphatic carbocycles. The van der Waals surface area contributed by atoms with Crippen molar-refractivity contribution < 1.29 is 23.0 Å². The van der Waals surface area contributed by atoms with Gasteiger partial charge < -0.3 is 20.1 Å². The molecule has 7 nitrogen and oxygen atoms in total. The second-order valence-corrected chi connectivity index (χ2v) is 6.12. The topological polar surface area (TPSA) is 85.4 Å². The highest BCUT2D eigenvalue weighted by Crippen LogP contribution is 2.33. The maximum atomic E-state index is 12.3. The van der Waals surface area contributed by atoms with Crippen molar-refractivity contribution in [1.82, 2.24) is 9.97 Å². The lowest BCUT2D eigenvalue weighted by Gasteiger charge is -2.18. The van der Waals surface area contributed by atoms with Gasteiger partial charge in [-0.15, -0.1) is 0 Å². The smallest absolute Gasteiger partial charge is 0.388 e. The molecule has 1 atom stereocenters. The summed E-state index contributed by atoms with van der Waals surface area (Å²) in [6.45, 7) is 0.446. The van der Waals surface area contributed by atoms with Gasteiger partial charge in [0.1, 0.15) is 5.02 Å². The van der Waals surface area contributed by atoms with Gasteiger partial charge in [0.2, 0.25) is 5.88 Å². The predicted octanol–water partition coefficient (Wildman–Crippen LogP) is 5.04. The highest BCUT2D eigenvalue weighted by Gasteiger charge is 2.19. The molecule has 0 aromatic carbocycles. The number of carbonyl (C=O) groups is 1. The number of ether oxygens (including phenoxy) is 2. The first kappa shape index (κ1) is 21.1. The third-order valence-corrected chi connectivity index (χ3v) is 4.25. The van der Waals surface area contributed by atoms with Gasteiger partial charge in [0.05, 0.1) is 40.6 Å². The van der Waals surface area contributed by atoms with E-state index >= 15 is 0 Å². The first-order chi connectivity index (χ1) is 12.7. The number of alkyl halides is 2. The average Bonchev–Trinajstić information content (AvgIpc) is 2.60. The van der Waals surface area contributed by atoms with E-state index in [0.717, 1.165) is 6.20 Å². The Morgan fingerprint density at radius 3 is 2.52 bits per heavy atom. The number of nitrogens with one attached hydrogen (secondary N) is 2. The summed E-state index contributed by atoms with van der Waals surface area (Å²) in [5.74, 6) is -0.441. The van der Waals surface area contributed by atoms with Crippen molar-refractivity contribution in [2.45, 2.75) is 26.6 Å². The average molecular weight is 421 g/mol. The summed E-state index contributed by atoms with van der Waals surface area (Å²) >= 11 is 12.1. The number of nitrogens with zero attached hydrogens (tertiary/aromatic N) is 2. The molecule has 0 saturated carbocycles. The second-order valence-electron chi connectivity index (χ2n) is 5.33. The first-order valence-electron chi connectivity index (χ1n) is 7.59. The molecule has 2 N–H and O–H groups in total. The third-order valence-electron chi connectivity index (χ3n) is 3.51. The Hall–Kier alpha value is -2.23. The van der Waals surface area contributed by atoms with Gasteiger partial charge in [-0.3, -0.25) is 4.98 Å². The Bertz CT molecular complexity index is 840. The van der Waals surface area contributed by atoms with Crippen LogP contribution in [0.2, 0.25) is 10.0 Å². The number of carbonyl (C=O) groups excluding carboxylic acids is 1. The molecule has 146 valence electrons. The fraction of sp³-hybridized carbons (Fsp3) is 0.312. The fourth-order valence-electron chi connectivity index (χ4n) is 2.17. The molecule has 2 aromatic rings. The van der Waals surface area contributed by atoms with Gasteiger partial charge in [-0.1, -0.05) is 23.2 Å². The minimum Gasteiger partial charge on any atom is -0.415 e. The number of aromatic nitrogens is 2. The molecular formula is C16H16Cl2F2N4O3. The van der Waals surface area contributed by atoms with Crippen molar-refractivity contribution in [3.8, 4) is 5.88 Å². The van der Waals surface area contributed by atoms with E-state index in [9.17, 15) is 13.6 Å². The third kappa shape index (κ3) is 5.38. The van der Waals surface area contributed by atoms with Crippen LogP contribution in [0.25, 0.3) is 0 Å². The monoisotopic (exact) mass is 420 g/mol. The van der Waals surface area contributed by atoms with E-state index in [4.69, 9.17) is 27.9 Å². The van der Waals surface area contributed by atoms with Gasteiger partial charge in [-0.05, 0) is 19.9 Å². The molecule has 0 unspecified atom stereocenters. The SMILES string of the molecule is CO[C@H](C)c1c(NC(=O)Nc2cnc(OC(F)F)c(Cl)c2)cnc(C)c1Cl. The fourth-order valence-corrected chi connectivity index (χ4v) is 2.68. The number of hydrogen-bond acceptors (Lipinski definition) is 5. The van der Waals surface area contributed by atoms with Crippen molar-refractivity contribution >= 4 is 40.6 Å². The molecule has 2 amide bonds. The number of pyridine rings is 2. The molecule has 11 heteroatoms. The van der Waals surface area contributed by atoms with Crippen LogP contribution in [0.1, 0.15) is 24.3 Å². The van der Waals surface area contributed by atoms with Gasteiger partial charge in [0.15, 0.2) is 0 Å². The van der Waals surface area contributed by atoms with Crippen LogP contribution in [-0.4, -0.2) is 29.7 Å². The quantitative estimate of drug-likeness (QED) is 0.682. The number of hydrogen-bond donors (Lipinski definition) is 2. The molecule has 0 aliphatic rings. The Morgan fingerprint density at radius 1 is 1.22 bits per heavy atom. The zero-order valence-corrected chi connectivity index (χ0v) is 16.0. The zero-order valence-electron chi connectivity index (χ0n) is 14.5. The highest BCUT2D eigenvalue weighted by atomic mass is 35.5. The van der Waals surface area contributed by atoms with Gasteiger partial charge in [-0.25, -0.2) is 9.78 Å². The molecule has 0 saturated heterocycles. The Balaban J connectivity index is 2.17. The van der Waals surface area contributed by atoms with Crippen LogP contribution in [0, 0.1) is 6.92 Å². The molecule has 0 bridgehead atoms. The van der Waals surface area contributed by atoms with Crippen molar-refractivity contribution in [3.63, 3.8) is 0 Å². The number of aryl methyl sites for hydroxylation is 1. The summed E-state index contributed by atoms with van der Waals surface area (Å²) in [7, 11) is 1.51. The summed E-state index contributed by atoms with van der Waals surface area (Å²) < 4.78 is 33.9. The molecule has 2 heterocycles. The summed E-state index contributed by atoms with van der Waals surface area (Å²) in [6.07, 6.45) is 2.19. The lowest BCUT2D eigenvalue weighted by atomic mass is 10.1. The van der Waals surface area contributed by atoms with E-state index in [1.54, 1.807) is 13.8 Å². The van der Waals surface area contributed by atoms with Crippen LogP contribution in [0.5, 0.6) is 5.88 Å². The van der Waals surface area contributed by atoms with Crippen LogP contribution in [-0.2, 0) is 4.74 Å². The normalized spacial score (nSPS) is 12.0. The lowest BCUT2D eigenvalue weighted by molar-refractivity contribution is -0.0527. The van der Waals surface area contributed by atoms with E-state index in [-0.39, 0.29) is 10.7 Å². The first-order valence-corrected chi connectivity index (χ1v) is 8.34. The van der Waals surface area contributed by atoms with Crippen LogP contribution < -0.4 is 15.4 Å². The van der Waals surface area contributed by atoms with Crippen LogP contribution in [0.15, 0.2) is 18.5 Å². The summed E-state index contributed by atoms with van der Waals surface area (Å²) in [4.78, 5) is 20.0. The molecular weight excluding hydrogens is 405 g/mol. The number of amides is 2. The lowest BCUT2D eigenvalue weighted by Crippen LogP contribution is -2.21. The standard InChI is InChI=1S/C16H16Cl2F2N4O3/c1-7-13(18)12(8(2)26-3)11(6-21-7)24-16(25)23-9-4-10(17)14(22-5-9)27-15(19)20/h4-6,8,15H,1-3H3,(H2,23,24,25)/t8-/m1/s1. The molecule has 0 aliphatic heterocycles. The number of halogens is 4. The predicted molar refractivity (Wildman–Crippen MR) is 97.9 cm³/mol. The van der Waals surface area contributed by atoms with E-state index < -0.39 is 24.6 Å². The Labute approximate surface area is 164 Å². The Morgan fingerprint density at radius 2 is 1.93 bits per heavy atom. The molecule has 2 aromatic heterocycles. The van der Waals surface area contributed by atoms with Gasteiger partial charge >= 0.3 is 12.6 Å². The minimum atomic E-state index is -3.06. The van der Waals surface area contributed by atoms with E-state index in [1.165, 1.54) is 19.4 Å². The summed E-state index contributed by atoms with van der Waals surface area (Å²) in [5.41, 5.74) is 1.69. The number of urea groups is 1. The highest BCUT2D eigenvalue weighted by molar-refractivity contribution is 6.32. The summed E-state index contributed by atoms with van der Waals surface area (Å²) in [5, 5.41) is 5.28. The second kappa shape index (κ2) is 9.12. The van der Waals surface area contributed by atoms with E-state index in [1.807, 2.05) is 0 Å². The number of methoxy groups -OCH3 is 1. The minimum absolute atomic E-state index is 0.173. The molecule has 0 fully saturated rings. The van der Waals surface area contributed by atoms with E-state index in [0.29, 0.717) is 22.0 Å². The molecule has 2 rings (SSSR count). The summed E-state index contributed by atoms with van der Waals surface area (Å²) in [6, 6.07) is 0.590. The largest absolute Gasteiger partial charge is 0.415 e. The maximum Gasteiger partial charge on any atom is 0.388 e. The van der Waals surface area contributed by atoms with Crippen LogP contribution >= 0.6 is 23.2 Å². The zero-order chi connectivity index (χ0) is 20.1. The van der Waals surface area contributed by atoms with Crippen molar-refractivity contribution in [2.75, 3.05) is 17.7 Å². The molecule has 0 spiro atoms. The van der Waals surface area contributed by atoms with Gasteiger partial charge in [0, 0.05) is 12.7 Å². The number of rotatable bonds is 6. The van der Waals surface area contributed by atoms with Crippen molar-refractivity contribution in [1.29, 1.82) is 0 Å². The molecule has 27 heavy (non-hydrogen) atoms. The van der Waals surface area contributed by atoms with Crippen molar-refractivity contribution in [2.24, 2.45) is 0 Å². The Kier molecular flexibility index (Phi) is 7.11. The van der Waals surface area contributed by atoms with Crippen LogP contribution in [0.3, 0.4) is 0 Å². The maximum absolute atomic E-state index is 12.3.